The quantitative estimate of drug-likeness (QED) is 0.784. The summed E-state index contributed by atoms with van der Waals surface area (Å²) < 4.78 is 26.4. The smallest absolute Gasteiger partial charge is 0.159 e. The Bertz CT molecular complexity index is 419. The van der Waals surface area contributed by atoms with Gasteiger partial charge in [-0.05, 0) is 43.5 Å². The van der Waals surface area contributed by atoms with Gasteiger partial charge in [0.2, 0.25) is 0 Å². The summed E-state index contributed by atoms with van der Waals surface area (Å²) in [7, 11) is 0. The Kier molecular flexibility index (Phi) is 6.30. The average Bonchev–Trinajstić information content (AvgIpc) is 2.95. The van der Waals surface area contributed by atoms with Gasteiger partial charge in [0.25, 0.3) is 0 Å². The molecule has 1 aromatic carbocycles. The van der Waals surface area contributed by atoms with E-state index in [9.17, 15) is 8.78 Å². The normalized spacial score (nSPS) is 17.6. The second-order valence-electron chi connectivity index (χ2n) is 5.42. The molecule has 1 fully saturated rings. The predicted octanol–water partition coefficient (Wildman–Crippen LogP) is 4.68. The summed E-state index contributed by atoms with van der Waals surface area (Å²) in [6.45, 7) is 3.01. The Morgan fingerprint density at radius 2 is 2.00 bits per heavy atom. The fraction of sp³-hybridized carbons (Fsp3) is 0.625. The minimum absolute atomic E-state index is 0.107. The number of hydrogen-bond acceptors (Lipinski definition) is 2. The van der Waals surface area contributed by atoms with Crippen molar-refractivity contribution in [2.24, 2.45) is 0 Å². The van der Waals surface area contributed by atoms with Crippen LogP contribution in [0, 0.1) is 11.6 Å². The first-order chi connectivity index (χ1) is 9.70. The van der Waals surface area contributed by atoms with E-state index < -0.39 is 11.6 Å². The largest absolute Gasteiger partial charge is 0.309 e. The van der Waals surface area contributed by atoms with E-state index in [0.717, 1.165) is 29.5 Å². The van der Waals surface area contributed by atoms with Crippen LogP contribution in [0.4, 0.5) is 8.78 Å². The summed E-state index contributed by atoms with van der Waals surface area (Å²) >= 11 is 1.97. The SMILES string of the molecule is CCCNC(CSC1CCCC1)c1ccc(F)c(F)c1. The maximum atomic E-state index is 13.4. The Labute approximate surface area is 124 Å². The molecule has 1 aliphatic rings. The molecule has 4 heteroatoms. The molecule has 0 spiro atoms. The Morgan fingerprint density at radius 3 is 2.65 bits per heavy atom. The summed E-state index contributed by atoms with van der Waals surface area (Å²) in [5, 5.41) is 4.19. The first-order valence-corrected chi connectivity index (χ1v) is 8.55. The summed E-state index contributed by atoms with van der Waals surface area (Å²) in [5.74, 6) is -0.599. The number of thioether (sulfide) groups is 1. The van der Waals surface area contributed by atoms with Crippen LogP contribution >= 0.6 is 11.8 Å². The highest BCUT2D eigenvalue weighted by Crippen LogP contribution is 2.32. The van der Waals surface area contributed by atoms with Crippen molar-refractivity contribution in [2.75, 3.05) is 12.3 Å². The van der Waals surface area contributed by atoms with E-state index in [1.54, 1.807) is 6.07 Å². The first-order valence-electron chi connectivity index (χ1n) is 7.50. The van der Waals surface area contributed by atoms with Crippen LogP contribution in [-0.4, -0.2) is 17.5 Å². The molecule has 0 radical (unpaired) electrons. The standard InChI is InChI=1S/C16H23F2NS/c1-2-9-19-16(11-20-13-5-3-4-6-13)12-7-8-14(17)15(18)10-12/h7-8,10,13,16,19H,2-6,9,11H2,1H3. The molecule has 0 heterocycles. The maximum absolute atomic E-state index is 13.4. The lowest BCUT2D eigenvalue weighted by Gasteiger charge is -2.20. The zero-order valence-corrected chi connectivity index (χ0v) is 12.8. The lowest BCUT2D eigenvalue weighted by Crippen LogP contribution is -2.25. The van der Waals surface area contributed by atoms with E-state index >= 15 is 0 Å². The van der Waals surface area contributed by atoms with Crippen LogP contribution in [0.2, 0.25) is 0 Å². The van der Waals surface area contributed by atoms with Gasteiger partial charge in [-0.1, -0.05) is 25.8 Å². The van der Waals surface area contributed by atoms with Gasteiger partial charge < -0.3 is 5.32 Å². The van der Waals surface area contributed by atoms with E-state index in [1.807, 2.05) is 11.8 Å². The van der Waals surface area contributed by atoms with Crippen molar-refractivity contribution in [3.63, 3.8) is 0 Å². The molecule has 0 aliphatic heterocycles. The van der Waals surface area contributed by atoms with Gasteiger partial charge in [0, 0.05) is 17.0 Å². The molecular weight excluding hydrogens is 276 g/mol. The Balaban J connectivity index is 1.99. The van der Waals surface area contributed by atoms with E-state index in [0.29, 0.717) is 0 Å². The zero-order chi connectivity index (χ0) is 14.4. The van der Waals surface area contributed by atoms with Crippen LogP contribution in [0.15, 0.2) is 18.2 Å². The van der Waals surface area contributed by atoms with Crippen LogP contribution in [0.5, 0.6) is 0 Å². The van der Waals surface area contributed by atoms with Crippen molar-refractivity contribution in [2.45, 2.75) is 50.3 Å². The molecule has 112 valence electrons. The molecule has 20 heavy (non-hydrogen) atoms. The lowest BCUT2D eigenvalue weighted by atomic mass is 10.1. The highest BCUT2D eigenvalue weighted by Gasteiger charge is 2.19. The highest BCUT2D eigenvalue weighted by molar-refractivity contribution is 7.99. The molecule has 1 unspecified atom stereocenters. The van der Waals surface area contributed by atoms with Crippen LogP contribution in [-0.2, 0) is 0 Å². The molecular formula is C16H23F2NS. The van der Waals surface area contributed by atoms with Gasteiger partial charge in [-0.2, -0.15) is 11.8 Å². The molecule has 1 saturated carbocycles. The second-order valence-corrected chi connectivity index (χ2v) is 6.75. The number of hydrogen-bond donors (Lipinski definition) is 1. The lowest BCUT2D eigenvalue weighted by molar-refractivity contribution is 0.501. The number of benzene rings is 1. The van der Waals surface area contributed by atoms with Crippen LogP contribution < -0.4 is 5.32 Å². The van der Waals surface area contributed by atoms with Gasteiger partial charge in [-0.15, -0.1) is 0 Å². The van der Waals surface area contributed by atoms with Crippen molar-refractivity contribution < 1.29 is 8.78 Å². The van der Waals surface area contributed by atoms with Crippen molar-refractivity contribution in [1.82, 2.24) is 5.32 Å². The second kappa shape index (κ2) is 7.99. The molecule has 1 N–H and O–H groups in total. The predicted molar refractivity (Wildman–Crippen MR) is 82.1 cm³/mol. The minimum Gasteiger partial charge on any atom is -0.309 e. The molecule has 0 bridgehead atoms. The fourth-order valence-electron chi connectivity index (χ4n) is 2.61. The fourth-order valence-corrected chi connectivity index (χ4v) is 4.05. The van der Waals surface area contributed by atoms with Crippen LogP contribution in [0.25, 0.3) is 0 Å². The molecule has 0 saturated heterocycles. The summed E-state index contributed by atoms with van der Waals surface area (Å²) in [6, 6.07) is 4.36. The number of rotatable bonds is 7. The third-order valence-corrected chi connectivity index (χ3v) is 5.26. The molecule has 1 aliphatic carbocycles. The zero-order valence-electron chi connectivity index (χ0n) is 12.0. The third-order valence-electron chi connectivity index (χ3n) is 3.79. The minimum atomic E-state index is -0.772. The van der Waals surface area contributed by atoms with E-state index in [1.165, 1.54) is 37.8 Å². The van der Waals surface area contributed by atoms with E-state index in [-0.39, 0.29) is 6.04 Å². The van der Waals surface area contributed by atoms with Gasteiger partial charge in [-0.25, -0.2) is 8.78 Å². The van der Waals surface area contributed by atoms with Crippen LogP contribution in [0.3, 0.4) is 0 Å². The molecule has 0 aromatic heterocycles. The summed E-state index contributed by atoms with van der Waals surface area (Å²) in [4.78, 5) is 0. The van der Waals surface area contributed by atoms with Gasteiger partial charge in [0.15, 0.2) is 11.6 Å². The van der Waals surface area contributed by atoms with E-state index in [2.05, 4.69) is 12.2 Å². The molecule has 2 rings (SSSR count). The maximum Gasteiger partial charge on any atom is 0.159 e. The van der Waals surface area contributed by atoms with Gasteiger partial charge in [0.1, 0.15) is 0 Å². The summed E-state index contributed by atoms with van der Waals surface area (Å²) in [6.07, 6.45) is 6.28. The Hall–Kier alpha value is -0.610. The van der Waals surface area contributed by atoms with Crippen molar-refractivity contribution in [3.8, 4) is 0 Å². The third kappa shape index (κ3) is 4.45. The highest BCUT2D eigenvalue weighted by atomic mass is 32.2. The van der Waals surface area contributed by atoms with Gasteiger partial charge >= 0.3 is 0 Å². The molecule has 1 nitrogen and oxygen atoms in total. The monoisotopic (exact) mass is 299 g/mol. The topological polar surface area (TPSA) is 12.0 Å². The average molecular weight is 299 g/mol. The number of nitrogens with one attached hydrogen (secondary N) is 1. The van der Waals surface area contributed by atoms with Gasteiger partial charge in [-0.3, -0.25) is 0 Å². The number of halogens is 2. The van der Waals surface area contributed by atoms with Crippen molar-refractivity contribution >= 4 is 11.8 Å². The van der Waals surface area contributed by atoms with Crippen LogP contribution in [0.1, 0.15) is 50.6 Å². The summed E-state index contributed by atoms with van der Waals surface area (Å²) in [5.41, 5.74) is 0.850. The van der Waals surface area contributed by atoms with Gasteiger partial charge in [0.05, 0.1) is 0 Å². The Morgan fingerprint density at radius 1 is 1.25 bits per heavy atom. The van der Waals surface area contributed by atoms with Crippen molar-refractivity contribution in [1.29, 1.82) is 0 Å². The molecule has 1 atom stereocenters. The first kappa shape index (κ1) is 15.8. The van der Waals surface area contributed by atoms with E-state index in [4.69, 9.17) is 0 Å². The molecule has 0 amide bonds. The molecule has 1 aromatic rings. The van der Waals surface area contributed by atoms with Crippen molar-refractivity contribution in [3.05, 3.63) is 35.4 Å².